The quantitative estimate of drug-likeness (QED) is 0.745. The number of aromatic nitrogens is 5. The van der Waals surface area contributed by atoms with Gasteiger partial charge in [0.05, 0.1) is 5.69 Å². The molecule has 3 aromatic rings. The first-order chi connectivity index (χ1) is 12.7. The second-order valence-corrected chi connectivity index (χ2v) is 6.33. The van der Waals surface area contributed by atoms with Crippen molar-refractivity contribution in [2.75, 3.05) is 13.1 Å². The maximum atomic E-state index is 12.8. The summed E-state index contributed by atoms with van der Waals surface area (Å²) in [7, 11) is 0. The molecule has 1 atom stereocenters. The van der Waals surface area contributed by atoms with Crippen LogP contribution in [0.3, 0.4) is 0 Å². The van der Waals surface area contributed by atoms with E-state index in [-0.39, 0.29) is 17.5 Å². The fourth-order valence-electron chi connectivity index (χ4n) is 3.30. The fourth-order valence-corrected chi connectivity index (χ4v) is 3.30. The number of nitrogens with one attached hydrogen (secondary N) is 2. The summed E-state index contributed by atoms with van der Waals surface area (Å²) in [5.41, 5.74) is 2.46. The number of carbonyl (C=O) groups excluding carboxylic acids is 1. The van der Waals surface area contributed by atoms with Crippen LogP contribution >= 0.6 is 0 Å². The molecule has 2 N–H and O–H groups in total. The van der Waals surface area contributed by atoms with E-state index < -0.39 is 0 Å². The van der Waals surface area contributed by atoms with Crippen molar-refractivity contribution in [2.24, 2.45) is 0 Å². The first-order valence-electron chi connectivity index (χ1n) is 8.51. The normalized spacial score (nSPS) is 17.2. The minimum absolute atomic E-state index is 0.0891. The van der Waals surface area contributed by atoms with E-state index in [4.69, 9.17) is 0 Å². The van der Waals surface area contributed by atoms with Crippen LogP contribution in [0.2, 0.25) is 0 Å². The molecule has 1 aliphatic heterocycles. The molecule has 132 valence electrons. The molecule has 8 heteroatoms. The molecule has 1 fully saturated rings. The SMILES string of the molecule is O=C(c1cc(-c2cccnc2)n[nH]1)N1CCC[C@@H](c2ccnc(=O)[nH]2)C1. The van der Waals surface area contributed by atoms with E-state index in [1.807, 2.05) is 12.1 Å². The molecule has 1 amide bonds. The zero-order chi connectivity index (χ0) is 17.9. The van der Waals surface area contributed by atoms with Crippen LogP contribution in [0.4, 0.5) is 0 Å². The Morgan fingerprint density at radius 3 is 3.00 bits per heavy atom. The molecule has 0 bridgehead atoms. The van der Waals surface area contributed by atoms with Gasteiger partial charge in [0.15, 0.2) is 0 Å². The highest BCUT2D eigenvalue weighted by atomic mass is 16.2. The van der Waals surface area contributed by atoms with Gasteiger partial charge in [-0.25, -0.2) is 9.78 Å². The lowest BCUT2D eigenvalue weighted by molar-refractivity contribution is 0.0700. The summed E-state index contributed by atoms with van der Waals surface area (Å²) < 4.78 is 0. The van der Waals surface area contributed by atoms with Gasteiger partial charge in [0.2, 0.25) is 0 Å². The monoisotopic (exact) mass is 350 g/mol. The molecular formula is C18H18N6O2. The van der Waals surface area contributed by atoms with E-state index in [1.54, 1.807) is 29.4 Å². The average Bonchev–Trinajstić information content (AvgIpc) is 3.18. The van der Waals surface area contributed by atoms with Crippen LogP contribution in [-0.4, -0.2) is 49.0 Å². The van der Waals surface area contributed by atoms with Crippen LogP contribution in [-0.2, 0) is 0 Å². The summed E-state index contributed by atoms with van der Waals surface area (Å²) in [5, 5.41) is 7.05. The number of amides is 1. The van der Waals surface area contributed by atoms with Crippen molar-refractivity contribution in [3.05, 3.63) is 64.7 Å². The Balaban J connectivity index is 1.51. The van der Waals surface area contributed by atoms with Crippen LogP contribution in [0.15, 0.2) is 47.7 Å². The Labute approximate surface area is 149 Å². The van der Waals surface area contributed by atoms with Crippen molar-refractivity contribution in [3.63, 3.8) is 0 Å². The minimum atomic E-state index is -0.361. The maximum absolute atomic E-state index is 12.8. The first kappa shape index (κ1) is 16.2. The predicted molar refractivity (Wildman–Crippen MR) is 94.6 cm³/mol. The average molecular weight is 350 g/mol. The number of hydrogen-bond donors (Lipinski definition) is 2. The zero-order valence-corrected chi connectivity index (χ0v) is 14.1. The third kappa shape index (κ3) is 3.26. The molecule has 8 nitrogen and oxygen atoms in total. The number of piperidine rings is 1. The second-order valence-electron chi connectivity index (χ2n) is 6.33. The molecule has 26 heavy (non-hydrogen) atoms. The Kier molecular flexibility index (Phi) is 4.30. The van der Waals surface area contributed by atoms with Crippen molar-refractivity contribution in [1.29, 1.82) is 0 Å². The van der Waals surface area contributed by atoms with Gasteiger partial charge in [-0.15, -0.1) is 0 Å². The number of H-pyrrole nitrogens is 2. The topological polar surface area (TPSA) is 108 Å². The molecule has 0 aromatic carbocycles. The number of carbonyl (C=O) groups is 1. The Morgan fingerprint density at radius 1 is 1.27 bits per heavy atom. The van der Waals surface area contributed by atoms with E-state index in [0.717, 1.165) is 24.1 Å². The van der Waals surface area contributed by atoms with E-state index in [2.05, 4.69) is 25.1 Å². The van der Waals surface area contributed by atoms with E-state index in [9.17, 15) is 9.59 Å². The lowest BCUT2D eigenvalue weighted by Gasteiger charge is -2.32. The standard InChI is InChI=1S/C18H18N6O2/c25-17(16-9-15(22-23-16)12-3-1-6-19-10-12)24-8-2-4-13(11-24)14-5-7-20-18(26)21-14/h1,3,5-7,9-10,13H,2,4,8,11H2,(H,22,23)(H,20,21,26)/t13-/m1/s1. The van der Waals surface area contributed by atoms with E-state index >= 15 is 0 Å². The molecule has 4 heterocycles. The van der Waals surface area contributed by atoms with Crippen LogP contribution < -0.4 is 5.69 Å². The largest absolute Gasteiger partial charge is 0.345 e. The van der Waals surface area contributed by atoms with Crippen LogP contribution in [0, 0.1) is 0 Å². The van der Waals surface area contributed by atoms with Gasteiger partial charge in [-0.3, -0.25) is 14.9 Å². The third-order valence-electron chi connectivity index (χ3n) is 4.61. The van der Waals surface area contributed by atoms with Gasteiger partial charge in [0, 0.05) is 48.9 Å². The molecule has 1 aliphatic rings. The minimum Gasteiger partial charge on any atom is -0.337 e. The number of hydrogen-bond acceptors (Lipinski definition) is 5. The van der Waals surface area contributed by atoms with Crippen LogP contribution in [0.1, 0.15) is 34.9 Å². The van der Waals surface area contributed by atoms with Crippen LogP contribution in [0.25, 0.3) is 11.3 Å². The van der Waals surface area contributed by atoms with Gasteiger partial charge < -0.3 is 9.88 Å². The highest BCUT2D eigenvalue weighted by Gasteiger charge is 2.27. The lowest BCUT2D eigenvalue weighted by atomic mass is 9.94. The summed E-state index contributed by atoms with van der Waals surface area (Å²) in [5.74, 6) is 0.0119. The zero-order valence-electron chi connectivity index (χ0n) is 14.1. The van der Waals surface area contributed by atoms with E-state index in [1.165, 1.54) is 6.20 Å². The van der Waals surface area contributed by atoms with Gasteiger partial charge in [-0.1, -0.05) is 0 Å². The third-order valence-corrected chi connectivity index (χ3v) is 4.61. The lowest BCUT2D eigenvalue weighted by Crippen LogP contribution is -2.39. The summed E-state index contributed by atoms with van der Waals surface area (Å²) >= 11 is 0. The van der Waals surface area contributed by atoms with Crippen molar-refractivity contribution >= 4 is 5.91 Å². The highest BCUT2D eigenvalue weighted by molar-refractivity contribution is 5.93. The maximum Gasteiger partial charge on any atom is 0.345 e. The summed E-state index contributed by atoms with van der Waals surface area (Å²) in [4.78, 5) is 36.6. The van der Waals surface area contributed by atoms with Gasteiger partial charge >= 0.3 is 5.69 Å². The Hall–Kier alpha value is -3.29. The molecule has 0 spiro atoms. The van der Waals surface area contributed by atoms with Crippen molar-refractivity contribution < 1.29 is 4.79 Å². The van der Waals surface area contributed by atoms with Crippen LogP contribution in [0.5, 0.6) is 0 Å². The number of rotatable bonds is 3. The number of likely N-dealkylation sites (tertiary alicyclic amines) is 1. The van der Waals surface area contributed by atoms with Gasteiger partial charge in [0.25, 0.3) is 5.91 Å². The van der Waals surface area contributed by atoms with Crippen molar-refractivity contribution in [3.8, 4) is 11.3 Å². The van der Waals surface area contributed by atoms with Gasteiger partial charge in [-0.05, 0) is 37.1 Å². The number of pyridine rings is 1. The Bertz CT molecular complexity index is 965. The summed E-state index contributed by atoms with van der Waals surface area (Å²) in [6.45, 7) is 1.24. The van der Waals surface area contributed by atoms with Crippen molar-refractivity contribution in [1.82, 2.24) is 30.0 Å². The molecule has 4 rings (SSSR count). The molecule has 0 unspecified atom stereocenters. The molecule has 1 saturated heterocycles. The summed E-state index contributed by atoms with van der Waals surface area (Å²) in [6.07, 6.45) is 6.71. The highest BCUT2D eigenvalue weighted by Crippen LogP contribution is 2.26. The van der Waals surface area contributed by atoms with Crippen molar-refractivity contribution in [2.45, 2.75) is 18.8 Å². The molecular weight excluding hydrogens is 332 g/mol. The smallest absolute Gasteiger partial charge is 0.337 e. The fraction of sp³-hybridized carbons (Fsp3) is 0.278. The summed E-state index contributed by atoms with van der Waals surface area (Å²) in [6, 6.07) is 7.28. The Morgan fingerprint density at radius 2 is 2.19 bits per heavy atom. The molecule has 0 radical (unpaired) electrons. The van der Waals surface area contributed by atoms with E-state index in [0.29, 0.717) is 24.5 Å². The second kappa shape index (κ2) is 6.91. The molecule has 0 saturated carbocycles. The number of aromatic amines is 2. The molecule has 0 aliphatic carbocycles. The van der Waals surface area contributed by atoms with Gasteiger partial charge in [0.1, 0.15) is 5.69 Å². The van der Waals surface area contributed by atoms with Gasteiger partial charge in [-0.2, -0.15) is 5.10 Å². The molecule has 3 aromatic heterocycles. The first-order valence-corrected chi connectivity index (χ1v) is 8.51. The number of nitrogens with zero attached hydrogens (tertiary/aromatic N) is 4. The predicted octanol–water partition coefficient (Wildman–Crippen LogP) is 1.57.